The standard InChI is InChI=1S/C8H5NO4S/c9-2-6-4(1-7(10)11)5(3-14-6)8(12)13/h3H,1H2,(H,10,11)(H,12,13). The zero-order valence-corrected chi connectivity index (χ0v) is 7.67. The van der Waals surface area contributed by atoms with Crippen LogP contribution in [0.3, 0.4) is 0 Å². The maximum Gasteiger partial charge on any atom is 0.336 e. The Kier molecular flexibility index (Phi) is 2.84. The Bertz CT molecular complexity index is 429. The van der Waals surface area contributed by atoms with Crippen LogP contribution in [0.2, 0.25) is 0 Å². The van der Waals surface area contributed by atoms with E-state index in [4.69, 9.17) is 15.5 Å². The monoisotopic (exact) mass is 211 g/mol. The van der Waals surface area contributed by atoms with Gasteiger partial charge in [-0.25, -0.2) is 4.79 Å². The lowest BCUT2D eigenvalue weighted by Gasteiger charge is -1.96. The molecule has 0 aliphatic heterocycles. The third-order valence-corrected chi connectivity index (χ3v) is 2.48. The van der Waals surface area contributed by atoms with E-state index in [0.717, 1.165) is 11.3 Å². The molecule has 0 spiro atoms. The highest BCUT2D eigenvalue weighted by Gasteiger charge is 2.18. The third kappa shape index (κ3) is 1.89. The number of nitriles is 1. The summed E-state index contributed by atoms with van der Waals surface area (Å²) in [6.45, 7) is 0. The molecule has 1 aromatic rings. The lowest BCUT2D eigenvalue weighted by molar-refractivity contribution is -0.136. The van der Waals surface area contributed by atoms with Crippen molar-refractivity contribution in [3.8, 4) is 6.07 Å². The molecule has 0 aliphatic carbocycles. The number of aromatic carboxylic acids is 1. The summed E-state index contributed by atoms with van der Waals surface area (Å²) in [7, 11) is 0. The van der Waals surface area contributed by atoms with E-state index in [2.05, 4.69) is 0 Å². The Morgan fingerprint density at radius 2 is 2.14 bits per heavy atom. The average Bonchev–Trinajstić information content (AvgIpc) is 2.46. The predicted octanol–water partition coefficient (Wildman–Crippen LogP) is 0.945. The number of hydrogen-bond donors (Lipinski definition) is 2. The van der Waals surface area contributed by atoms with Crippen molar-refractivity contribution in [2.75, 3.05) is 0 Å². The van der Waals surface area contributed by atoms with Gasteiger partial charge in [-0.15, -0.1) is 11.3 Å². The van der Waals surface area contributed by atoms with Gasteiger partial charge in [0.25, 0.3) is 0 Å². The molecule has 0 atom stereocenters. The Hall–Kier alpha value is -1.87. The molecule has 2 N–H and O–H groups in total. The minimum atomic E-state index is -1.21. The minimum Gasteiger partial charge on any atom is -0.481 e. The van der Waals surface area contributed by atoms with Crippen LogP contribution in [0.25, 0.3) is 0 Å². The smallest absolute Gasteiger partial charge is 0.336 e. The van der Waals surface area contributed by atoms with Crippen molar-refractivity contribution in [2.24, 2.45) is 0 Å². The SMILES string of the molecule is N#Cc1scc(C(=O)O)c1CC(=O)O. The Labute approximate surface area is 82.8 Å². The van der Waals surface area contributed by atoms with E-state index in [0.29, 0.717) is 0 Å². The van der Waals surface area contributed by atoms with Gasteiger partial charge in [0.15, 0.2) is 0 Å². The highest BCUT2D eigenvalue weighted by molar-refractivity contribution is 7.11. The van der Waals surface area contributed by atoms with Gasteiger partial charge in [0.1, 0.15) is 10.9 Å². The van der Waals surface area contributed by atoms with Gasteiger partial charge in [-0.3, -0.25) is 4.79 Å². The van der Waals surface area contributed by atoms with E-state index in [-0.39, 0.29) is 16.0 Å². The van der Waals surface area contributed by atoms with Crippen molar-refractivity contribution >= 4 is 23.3 Å². The maximum atomic E-state index is 10.6. The molecule has 0 saturated heterocycles. The van der Waals surface area contributed by atoms with Gasteiger partial charge in [0, 0.05) is 10.9 Å². The molecule has 0 fully saturated rings. The van der Waals surface area contributed by atoms with E-state index in [1.54, 1.807) is 6.07 Å². The predicted molar refractivity (Wildman–Crippen MR) is 47.3 cm³/mol. The van der Waals surface area contributed by atoms with Gasteiger partial charge in [-0.2, -0.15) is 5.26 Å². The Morgan fingerprint density at radius 3 is 2.57 bits per heavy atom. The molecule has 0 amide bonds. The molecular formula is C8H5NO4S. The highest BCUT2D eigenvalue weighted by atomic mass is 32.1. The van der Waals surface area contributed by atoms with Crippen molar-refractivity contribution in [1.29, 1.82) is 5.26 Å². The highest BCUT2D eigenvalue weighted by Crippen LogP contribution is 2.22. The molecular weight excluding hydrogens is 206 g/mol. The Balaban J connectivity index is 3.20. The summed E-state index contributed by atoms with van der Waals surface area (Å²) in [6.07, 6.45) is -0.436. The first kappa shape index (κ1) is 10.2. The molecule has 1 rings (SSSR count). The van der Waals surface area contributed by atoms with Crippen LogP contribution in [0.1, 0.15) is 20.8 Å². The lowest BCUT2D eigenvalue weighted by atomic mass is 10.1. The molecule has 0 radical (unpaired) electrons. The van der Waals surface area contributed by atoms with E-state index in [1.807, 2.05) is 0 Å². The topological polar surface area (TPSA) is 98.4 Å². The second-order valence-corrected chi connectivity index (χ2v) is 3.32. The molecule has 6 heteroatoms. The van der Waals surface area contributed by atoms with Gasteiger partial charge >= 0.3 is 11.9 Å². The van der Waals surface area contributed by atoms with Gasteiger partial charge in [-0.1, -0.05) is 0 Å². The van der Waals surface area contributed by atoms with Crippen LogP contribution in [0.15, 0.2) is 5.38 Å². The second-order valence-electron chi connectivity index (χ2n) is 2.44. The number of carboxylic acids is 2. The molecule has 5 nitrogen and oxygen atoms in total. The zero-order valence-electron chi connectivity index (χ0n) is 6.85. The molecule has 1 heterocycles. The van der Waals surface area contributed by atoms with Gasteiger partial charge < -0.3 is 10.2 Å². The number of aliphatic carboxylic acids is 1. The second kappa shape index (κ2) is 3.89. The molecule has 0 bridgehead atoms. The van der Waals surface area contributed by atoms with Crippen molar-refractivity contribution in [2.45, 2.75) is 6.42 Å². The molecule has 72 valence electrons. The van der Waals surface area contributed by atoms with Crippen LogP contribution >= 0.6 is 11.3 Å². The maximum absolute atomic E-state index is 10.6. The molecule has 0 unspecified atom stereocenters. The number of carbonyl (C=O) groups is 2. The zero-order chi connectivity index (χ0) is 10.7. The summed E-state index contributed by atoms with van der Waals surface area (Å²) in [6, 6.07) is 1.77. The number of thiophene rings is 1. The van der Waals surface area contributed by atoms with Gasteiger partial charge in [0.2, 0.25) is 0 Å². The van der Waals surface area contributed by atoms with E-state index in [9.17, 15) is 9.59 Å². The summed E-state index contributed by atoms with van der Waals surface area (Å²) in [5, 5.41) is 27.1. The lowest BCUT2D eigenvalue weighted by Crippen LogP contribution is -2.06. The van der Waals surface area contributed by atoms with E-state index in [1.165, 1.54) is 5.38 Å². The van der Waals surface area contributed by atoms with Crippen molar-refractivity contribution in [3.63, 3.8) is 0 Å². The van der Waals surface area contributed by atoms with Gasteiger partial charge in [-0.05, 0) is 0 Å². The quantitative estimate of drug-likeness (QED) is 0.775. The summed E-state index contributed by atoms with van der Waals surface area (Å²) in [5.74, 6) is -2.36. The van der Waals surface area contributed by atoms with Crippen molar-refractivity contribution in [3.05, 3.63) is 21.4 Å². The van der Waals surface area contributed by atoms with Crippen LogP contribution in [0, 0.1) is 11.3 Å². The first-order valence-electron chi connectivity index (χ1n) is 3.51. The van der Waals surface area contributed by atoms with Crippen molar-refractivity contribution < 1.29 is 19.8 Å². The molecule has 0 saturated carbocycles. The summed E-state index contributed by atoms with van der Waals surface area (Å²) >= 11 is 0.941. The molecule has 0 aliphatic rings. The molecule has 0 aromatic carbocycles. The largest absolute Gasteiger partial charge is 0.481 e. The first-order chi connectivity index (χ1) is 6.56. The normalized spacial score (nSPS) is 9.36. The third-order valence-electron chi connectivity index (χ3n) is 1.55. The number of rotatable bonds is 3. The van der Waals surface area contributed by atoms with E-state index >= 15 is 0 Å². The summed E-state index contributed by atoms with van der Waals surface area (Å²) in [4.78, 5) is 21.2. The number of nitrogens with zero attached hydrogens (tertiary/aromatic N) is 1. The number of hydrogen-bond acceptors (Lipinski definition) is 4. The van der Waals surface area contributed by atoms with Crippen molar-refractivity contribution in [1.82, 2.24) is 0 Å². The fourth-order valence-electron chi connectivity index (χ4n) is 0.982. The van der Waals surface area contributed by atoms with Crippen LogP contribution in [-0.2, 0) is 11.2 Å². The first-order valence-corrected chi connectivity index (χ1v) is 4.39. The van der Waals surface area contributed by atoms with E-state index < -0.39 is 18.4 Å². The summed E-state index contributed by atoms with van der Waals surface area (Å²) in [5.41, 5.74) is -0.0218. The fraction of sp³-hybridized carbons (Fsp3) is 0.125. The molecule has 14 heavy (non-hydrogen) atoms. The van der Waals surface area contributed by atoms with Crippen LogP contribution in [0.5, 0.6) is 0 Å². The minimum absolute atomic E-state index is 0.0810. The Morgan fingerprint density at radius 1 is 1.50 bits per heavy atom. The molecule has 1 aromatic heterocycles. The van der Waals surface area contributed by atoms with Crippen LogP contribution in [0.4, 0.5) is 0 Å². The fourth-order valence-corrected chi connectivity index (χ4v) is 1.84. The number of carboxylic acid groups (broad SMARTS) is 2. The van der Waals surface area contributed by atoms with Crippen LogP contribution in [-0.4, -0.2) is 22.2 Å². The average molecular weight is 211 g/mol. The van der Waals surface area contributed by atoms with Crippen LogP contribution < -0.4 is 0 Å². The summed E-state index contributed by atoms with van der Waals surface area (Å²) < 4.78 is 0. The van der Waals surface area contributed by atoms with Gasteiger partial charge in [0.05, 0.1) is 12.0 Å².